The summed E-state index contributed by atoms with van der Waals surface area (Å²) < 4.78 is 26.3. The molecule has 0 fully saturated rings. The van der Waals surface area contributed by atoms with Crippen LogP contribution in [0.4, 0.5) is 10.2 Å². The Morgan fingerprint density at radius 2 is 1.95 bits per heavy atom. The monoisotopic (exact) mass is 285 g/mol. The van der Waals surface area contributed by atoms with Crippen LogP contribution in [0.2, 0.25) is 0 Å². The van der Waals surface area contributed by atoms with Crippen molar-refractivity contribution in [2.24, 2.45) is 0 Å². The average molecular weight is 285 g/mol. The van der Waals surface area contributed by atoms with E-state index in [0.29, 0.717) is 36.2 Å². The fourth-order valence-electron chi connectivity index (χ4n) is 2.46. The molecule has 2 aromatic heterocycles. The highest BCUT2D eigenvalue weighted by molar-refractivity contribution is 5.76. The molecule has 0 radical (unpaired) electrons. The van der Waals surface area contributed by atoms with Crippen molar-refractivity contribution < 1.29 is 13.9 Å². The minimum Gasteiger partial charge on any atom is -0.486 e. The number of nitrogens with zero attached hydrogens (tertiary/aromatic N) is 2. The third kappa shape index (κ3) is 1.79. The van der Waals surface area contributed by atoms with Gasteiger partial charge in [-0.15, -0.1) is 0 Å². The van der Waals surface area contributed by atoms with Crippen LogP contribution in [0.1, 0.15) is 0 Å². The predicted molar refractivity (Wildman–Crippen MR) is 76.0 cm³/mol. The van der Waals surface area contributed by atoms with E-state index < -0.39 is 5.82 Å². The summed E-state index contributed by atoms with van der Waals surface area (Å²) in [7, 11) is 0. The molecule has 0 atom stereocenters. The molecular weight excluding hydrogens is 273 g/mol. The quantitative estimate of drug-likeness (QED) is 0.746. The lowest BCUT2D eigenvalue weighted by Gasteiger charge is -2.18. The second-order valence-corrected chi connectivity index (χ2v) is 4.75. The van der Waals surface area contributed by atoms with Gasteiger partial charge in [0.25, 0.3) is 0 Å². The maximum atomic E-state index is 13.8. The summed E-state index contributed by atoms with van der Waals surface area (Å²) in [4.78, 5) is 4.30. The molecule has 106 valence electrons. The Morgan fingerprint density at radius 1 is 1.14 bits per heavy atom. The van der Waals surface area contributed by atoms with Crippen LogP contribution in [0, 0.1) is 5.82 Å². The van der Waals surface area contributed by atoms with Gasteiger partial charge in [0, 0.05) is 11.8 Å². The molecule has 0 aliphatic carbocycles. The summed E-state index contributed by atoms with van der Waals surface area (Å²) in [5.41, 5.74) is 7.57. The number of anilines is 1. The van der Waals surface area contributed by atoms with E-state index >= 15 is 0 Å². The maximum Gasteiger partial charge on any atom is 0.175 e. The molecule has 1 aliphatic heterocycles. The zero-order valence-corrected chi connectivity index (χ0v) is 11.0. The largest absolute Gasteiger partial charge is 0.486 e. The van der Waals surface area contributed by atoms with Gasteiger partial charge in [-0.1, -0.05) is 0 Å². The Hall–Kier alpha value is -2.76. The van der Waals surface area contributed by atoms with Crippen molar-refractivity contribution >= 4 is 11.5 Å². The Morgan fingerprint density at radius 3 is 2.76 bits per heavy atom. The highest BCUT2D eigenvalue weighted by atomic mass is 19.1. The Balaban J connectivity index is 1.90. The predicted octanol–water partition coefficient (Wildman–Crippen LogP) is 2.49. The average Bonchev–Trinajstić information content (AvgIpc) is 2.86. The SMILES string of the molecule is Nc1c(-c2ccc3c(c2)OCCO3)nc2c(F)cccn12. The number of imidazole rings is 1. The molecule has 2 N–H and O–H groups in total. The molecule has 1 aromatic carbocycles. The summed E-state index contributed by atoms with van der Waals surface area (Å²) in [6.07, 6.45) is 1.68. The summed E-state index contributed by atoms with van der Waals surface area (Å²) in [6.45, 7) is 1.04. The number of pyridine rings is 1. The van der Waals surface area contributed by atoms with Crippen molar-refractivity contribution in [3.05, 3.63) is 42.3 Å². The van der Waals surface area contributed by atoms with Gasteiger partial charge in [0.2, 0.25) is 0 Å². The van der Waals surface area contributed by atoms with Gasteiger partial charge in [-0.2, -0.15) is 0 Å². The molecule has 3 aromatic rings. The molecule has 3 heterocycles. The number of fused-ring (bicyclic) bond motifs is 2. The van der Waals surface area contributed by atoms with E-state index in [1.54, 1.807) is 12.3 Å². The van der Waals surface area contributed by atoms with Gasteiger partial charge in [0.15, 0.2) is 23.0 Å². The van der Waals surface area contributed by atoms with Gasteiger partial charge < -0.3 is 15.2 Å². The fraction of sp³-hybridized carbons (Fsp3) is 0.133. The number of ether oxygens (including phenoxy) is 2. The van der Waals surface area contributed by atoms with E-state index in [1.165, 1.54) is 10.5 Å². The molecule has 0 saturated heterocycles. The Bertz CT molecular complexity index is 844. The second-order valence-electron chi connectivity index (χ2n) is 4.75. The van der Waals surface area contributed by atoms with Crippen LogP contribution in [0.25, 0.3) is 16.9 Å². The topological polar surface area (TPSA) is 61.8 Å². The van der Waals surface area contributed by atoms with Crippen LogP contribution in [0.5, 0.6) is 11.5 Å². The first kappa shape index (κ1) is 12.0. The molecule has 0 unspecified atom stereocenters. The molecule has 6 heteroatoms. The van der Waals surface area contributed by atoms with Gasteiger partial charge in [0.1, 0.15) is 24.7 Å². The molecule has 21 heavy (non-hydrogen) atoms. The van der Waals surface area contributed by atoms with Gasteiger partial charge >= 0.3 is 0 Å². The van der Waals surface area contributed by atoms with Crippen molar-refractivity contribution in [3.8, 4) is 22.8 Å². The zero-order chi connectivity index (χ0) is 14.4. The molecule has 5 nitrogen and oxygen atoms in total. The van der Waals surface area contributed by atoms with E-state index in [-0.39, 0.29) is 5.65 Å². The number of nitrogen functional groups attached to an aromatic ring is 1. The smallest absolute Gasteiger partial charge is 0.175 e. The third-order valence-electron chi connectivity index (χ3n) is 3.45. The first-order valence-electron chi connectivity index (χ1n) is 6.56. The highest BCUT2D eigenvalue weighted by Crippen LogP contribution is 2.36. The number of nitrogens with two attached hydrogens (primary N) is 1. The maximum absolute atomic E-state index is 13.8. The normalized spacial score (nSPS) is 13.6. The van der Waals surface area contributed by atoms with E-state index in [0.717, 1.165) is 5.56 Å². The highest BCUT2D eigenvalue weighted by Gasteiger charge is 2.17. The molecule has 0 spiro atoms. The number of hydrogen-bond donors (Lipinski definition) is 1. The lowest BCUT2D eigenvalue weighted by atomic mass is 10.1. The summed E-state index contributed by atoms with van der Waals surface area (Å²) >= 11 is 0. The standard InChI is InChI=1S/C15H12FN3O2/c16-10-2-1-5-19-14(17)13(18-15(10)19)9-3-4-11-12(8-9)21-7-6-20-11/h1-5,8H,6-7,17H2. The van der Waals surface area contributed by atoms with Crippen molar-refractivity contribution in [1.29, 1.82) is 0 Å². The molecule has 0 saturated carbocycles. The number of rotatable bonds is 1. The van der Waals surface area contributed by atoms with Crippen molar-refractivity contribution in [1.82, 2.24) is 9.38 Å². The number of aromatic nitrogens is 2. The van der Waals surface area contributed by atoms with Gasteiger partial charge in [-0.25, -0.2) is 9.37 Å². The first-order valence-corrected chi connectivity index (χ1v) is 6.56. The summed E-state index contributed by atoms with van der Waals surface area (Å²) in [5, 5.41) is 0. The number of hydrogen-bond acceptors (Lipinski definition) is 4. The minimum atomic E-state index is -0.409. The summed E-state index contributed by atoms with van der Waals surface area (Å²) in [5.74, 6) is 1.32. The lowest BCUT2D eigenvalue weighted by molar-refractivity contribution is 0.171. The van der Waals surface area contributed by atoms with E-state index in [2.05, 4.69) is 4.98 Å². The summed E-state index contributed by atoms with van der Waals surface area (Å²) in [6, 6.07) is 8.40. The van der Waals surface area contributed by atoms with Crippen LogP contribution >= 0.6 is 0 Å². The van der Waals surface area contributed by atoms with Crippen LogP contribution < -0.4 is 15.2 Å². The van der Waals surface area contributed by atoms with Gasteiger partial charge in [0.05, 0.1) is 0 Å². The number of halogens is 1. The van der Waals surface area contributed by atoms with Gasteiger partial charge in [-0.3, -0.25) is 4.40 Å². The first-order chi connectivity index (χ1) is 10.2. The Labute approximate surface area is 119 Å². The van der Waals surface area contributed by atoms with Crippen LogP contribution in [-0.4, -0.2) is 22.6 Å². The molecule has 0 amide bonds. The van der Waals surface area contributed by atoms with E-state index in [1.807, 2.05) is 18.2 Å². The molecule has 1 aliphatic rings. The molecule has 0 bridgehead atoms. The zero-order valence-electron chi connectivity index (χ0n) is 11.0. The van der Waals surface area contributed by atoms with Crippen LogP contribution in [-0.2, 0) is 0 Å². The number of benzene rings is 1. The lowest BCUT2D eigenvalue weighted by Crippen LogP contribution is -2.15. The molecular formula is C15H12FN3O2. The second kappa shape index (κ2) is 4.37. The van der Waals surface area contributed by atoms with Crippen LogP contribution in [0.15, 0.2) is 36.5 Å². The van der Waals surface area contributed by atoms with E-state index in [9.17, 15) is 4.39 Å². The van der Waals surface area contributed by atoms with Gasteiger partial charge in [-0.05, 0) is 30.3 Å². The fourth-order valence-corrected chi connectivity index (χ4v) is 2.46. The van der Waals surface area contributed by atoms with Crippen LogP contribution in [0.3, 0.4) is 0 Å². The van der Waals surface area contributed by atoms with Crippen molar-refractivity contribution in [3.63, 3.8) is 0 Å². The van der Waals surface area contributed by atoms with Crippen molar-refractivity contribution in [2.45, 2.75) is 0 Å². The van der Waals surface area contributed by atoms with E-state index in [4.69, 9.17) is 15.2 Å². The Kier molecular flexibility index (Phi) is 2.50. The van der Waals surface area contributed by atoms with Crippen molar-refractivity contribution in [2.75, 3.05) is 18.9 Å². The molecule has 4 rings (SSSR count). The third-order valence-corrected chi connectivity index (χ3v) is 3.45. The minimum absolute atomic E-state index is 0.208.